The summed E-state index contributed by atoms with van der Waals surface area (Å²) >= 11 is 1.30. The van der Waals surface area contributed by atoms with Gasteiger partial charge in [0.05, 0.1) is 11.4 Å². The summed E-state index contributed by atoms with van der Waals surface area (Å²) in [5, 5.41) is 8.75. The Bertz CT molecular complexity index is 1270. The number of amides is 1. The molecule has 5 rings (SSSR count). The van der Waals surface area contributed by atoms with Crippen molar-refractivity contribution in [3.8, 4) is 17.2 Å². The minimum Gasteiger partial charge on any atom is -0.489 e. The van der Waals surface area contributed by atoms with Crippen LogP contribution in [-0.4, -0.2) is 27.5 Å². The minimum atomic E-state index is -0.313. The van der Waals surface area contributed by atoms with Crippen molar-refractivity contribution in [1.82, 2.24) is 14.8 Å². The number of halogens is 1. The molecule has 0 bridgehead atoms. The normalized spacial score (nSPS) is 12.0. The highest BCUT2D eigenvalue weighted by molar-refractivity contribution is 7.12. The molecule has 0 saturated carbocycles. The van der Waals surface area contributed by atoms with E-state index in [4.69, 9.17) is 14.2 Å². The number of carbonyl (C=O) groups excluding carboxylic acids is 1. The van der Waals surface area contributed by atoms with Gasteiger partial charge in [-0.1, -0.05) is 12.1 Å². The van der Waals surface area contributed by atoms with Crippen molar-refractivity contribution < 1.29 is 23.4 Å². The van der Waals surface area contributed by atoms with Gasteiger partial charge in [-0.2, -0.15) is 0 Å². The third-order valence-corrected chi connectivity index (χ3v) is 5.60. The van der Waals surface area contributed by atoms with E-state index < -0.39 is 0 Å². The number of anilines is 1. The van der Waals surface area contributed by atoms with Crippen molar-refractivity contribution in [3.05, 3.63) is 82.1 Å². The first-order chi connectivity index (χ1) is 15.6. The number of fused-ring (bicyclic) bond motifs is 1. The molecule has 1 aliphatic heterocycles. The first kappa shape index (κ1) is 20.0. The molecule has 0 saturated heterocycles. The molecule has 0 atom stereocenters. The van der Waals surface area contributed by atoms with Crippen molar-refractivity contribution >= 4 is 23.2 Å². The second-order valence-corrected chi connectivity index (χ2v) is 7.88. The van der Waals surface area contributed by atoms with E-state index in [0.717, 1.165) is 11.1 Å². The summed E-state index contributed by atoms with van der Waals surface area (Å²) in [5.41, 5.74) is 1.61. The molecule has 2 aromatic heterocycles. The van der Waals surface area contributed by atoms with Crippen molar-refractivity contribution in [2.45, 2.75) is 13.2 Å². The first-order valence-corrected chi connectivity index (χ1v) is 10.6. The van der Waals surface area contributed by atoms with Gasteiger partial charge in [-0.3, -0.25) is 10.1 Å². The standard InChI is InChI=1S/C22H17FN4O4S/c23-16-3-1-2-14(6-16)9-27-12-24-22(26-27)25-21(28)20-7-15(11-32-20)10-29-17-4-5-18-19(8-17)31-13-30-18/h1-8,11-12H,9-10,13H2,(H,25,26,28). The number of aromatic nitrogens is 3. The fourth-order valence-corrected chi connectivity index (χ4v) is 3.91. The molecule has 32 heavy (non-hydrogen) atoms. The van der Waals surface area contributed by atoms with Gasteiger partial charge in [0.15, 0.2) is 11.5 Å². The van der Waals surface area contributed by atoms with Gasteiger partial charge in [-0.25, -0.2) is 14.1 Å². The van der Waals surface area contributed by atoms with Crippen molar-refractivity contribution in [3.63, 3.8) is 0 Å². The van der Waals surface area contributed by atoms with Crippen LogP contribution >= 0.6 is 11.3 Å². The molecule has 0 unspecified atom stereocenters. The molecule has 0 fully saturated rings. The van der Waals surface area contributed by atoms with Crippen LogP contribution in [-0.2, 0) is 13.2 Å². The Labute approximate surface area is 186 Å². The van der Waals surface area contributed by atoms with Crippen LogP contribution in [0.1, 0.15) is 20.8 Å². The number of carbonyl (C=O) groups is 1. The lowest BCUT2D eigenvalue weighted by Crippen LogP contribution is -2.12. The average Bonchev–Trinajstić information content (AvgIpc) is 3.53. The number of benzene rings is 2. The van der Waals surface area contributed by atoms with Crippen LogP contribution < -0.4 is 19.5 Å². The van der Waals surface area contributed by atoms with E-state index in [-0.39, 0.29) is 24.5 Å². The Kier molecular flexibility index (Phi) is 5.42. The van der Waals surface area contributed by atoms with Gasteiger partial charge in [0, 0.05) is 11.6 Å². The summed E-state index contributed by atoms with van der Waals surface area (Å²) in [5.74, 6) is 1.55. The van der Waals surface area contributed by atoms with Crippen molar-refractivity contribution in [2.75, 3.05) is 12.1 Å². The van der Waals surface area contributed by atoms with Gasteiger partial charge >= 0.3 is 0 Å². The van der Waals surface area contributed by atoms with E-state index in [1.54, 1.807) is 36.4 Å². The second kappa shape index (κ2) is 8.67. The SMILES string of the molecule is O=C(Nc1ncn(Cc2cccc(F)c2)n1)c1cc(COc2ccc3c(c2)OCO3)cs1. The molecule has 10 heteroatoms. The zero-order chi connectivity index (χ0) is 21.9. The van der Waals surface area contributed by atoms with E-state index in [1.807, 2.05) is 5.38 Å². The number of nitrogens with zero attached hydrogens (tertiary/aromatic N) is 3. The Morgan fingerprint density at radius 1 is 1.16 bits per heavy atom. The molecule has 0 spiro atoms. The van der Waals surface area contributed by atoms with Gasteiger partial charge < -0.3 is 14.2 Å². The summed E-state index contributed by atoms with van der Waals surface area (Å²) in [7, 11) is 0. The predicted octanol–water partition coefficient (Wildman–Crippen LogP) is 4.09. The summed E-state index contributed by atoms with van der Waals surface area (Å²) in [6, 6.07) is 13.4. The zero-order valence-electron chi connectivity index (χ0n) is 16.7. The van der Waals surface area contributed by atoms with Crippen LogP contribution in [0, 0.1) is 5.82 Å². The van der Waals surface area contributed by atoms with E-state index >= 15 is 0 Å². The van der Waals surface area contributed by atoms with Crippen molar-refractivity contribution in [2.24, 2.45) is 0 Å². The fourth-order valence-electron chi connectivity index (χ4n) is 3.12. The maximum atomic E-state index is 13.3. The fraction of sp³-hybridized carbons (Fsp3) is 0.136. The lowest BCUT2D eigenvalue weighted by Gasteiger charge is -2.05. The molecule has 1 amide bonds. The van der Waals surface area contributed by atoms with E-state index in [0.29, 0.717) is 35.3 Å². The second-order valence-electron chi connectivity index (χ2n) is 6.97. The number of thiophene rings is 1. The van der Waals surface area contributed by atoms with E-state index in [1.165, 1.54) is 34.5 Å². The predicted molar refractivity (Wildman–Crippen MR) is 115 cm³/mol. The average molecular weight is 452 g/mol. The van der Waals surface area contributed by atoms with Crippen LogP contribution in [0.25, 0.3) is 0 Å². The van der Waals surface area contributed by atoms with E-state index in [9.17, 15) is 9.18 Å². The van der Waals surface area contributed by atoms with Crippen LogP contribution in [0.15, 0.2) is 60.2 Å². The maximum absolute atomic E-state index is 13.3. The number of ether oxygens (including phenoxy) is 3. The summed E-state index contributed by atoms with van der Waals surface area (Å²) < 4.78 is 31.3. The molecule has 2 aromatic carbocycles. The van der Waals surface area contributed by atoms with Crippen molar-refractivity contribution in [1.29, 1.82) is 0 Å². The molecular formula is C22H17FN4O4S. The number of hydrogen-bond acceptors (Lipinski definition) is 7. The van der Waals surface area contributed by atoms with Gasteiger partial charge in [-0.05, 0) is 41.3 Å². The van der Waals surface area contributed by atoms with Crippen LogP contribution in [0.5, 0.6) is 17.2 Å². The largest absolute Gasteiger partial charge is 0.489 e. The molecule has 0 aliphatic carbocycles. The van der Waals surface area contributed by atoms with E-state index in [2.05, 4.69) is 15.4 Å². The van der Waals surface area contributed by atoms with Gasteiger partial charge in [0.2, 0.25) is 12.7 Å². The molecule has 3 heterocycles. The third kappa shape index (κ3) is 4.54. The summed E-state index contributed by atoms with van der Waals surface area (Å²) in [6.45, 7) is 0.866. The number of hydrogen-bond donors (Lipinski definition) is 1. The highest BCUT2D eigenvalue weighted by Crippen LogP contribution is 2.35. The molecule has 1 aliphatic rings. The number of nitrogens with one attached hydrogen (secondary N) is 1. The lowest BCUT2D eigenvalue weighted by atomic mass is 10.2. The number of rotatable bonds is 7. The van der Waals surface area contributed by atoms with Gasteiger partial charge in [-0.15, -0.1) is 16.4 Å². The molecule has 0 radical (unpaired) electrons. The maximum Gasteiger partial charge on any atom is 0.268 e. The third-order valence-electron chi connectivity index (χ3n) is 4.62. The highest BCUT2D eigenvalue weighted by Gasteiger charge is 2.15. The lowest BCUT2D eigenvalue weighted by molar-refractivity contribution is 0.102. The van der Waals surface area contributed by atoms with Crippen LogP contribution in [0.3, 0.4) is 0 Å². The molecule has 1 N–H and O–H groups in total. The molecule has 8 nitrogen and oxygen atoms in total. The zero-order valence-corrected chi connectivity index (χ0v) is 17.5. The Balaban J connectivity index is 1.17. The summed E-state index contributed by atoms with van der Waals surface area (Å²) in [4.78, 5) is 17.1. The Hall–Kier alpha value is -3.92. The smallest absolute Gasteiger partial charge is 0.268 e. The topological polar surface area (TPSA) is 87.5 Å². The first-order valence-electron chi connectivity index (χ1n) is 9.67. The molecular weight excluding hydrogens is 435 g/mol. The molecule has 162 valence electrons. The van der Waals surface area contributed by atoms with Crippen LogP contribution in [0.4, 0.5) is 10.3 Å². The van der Waals surface area contributed by atoms with Gasteiger partial charge in [0.1, 0.15) is 24.5 Å². The Morgan fingerprint density at radius 3 is 2.97 bits per heavy atom. The quantitative estimate of drug-likeness (QED) is 0.455. The molecule has 4 aromatic rings. The Morgan fingerprint density at radius 2 is 2.06 bits per heavy atom. The summed E-state index contributed by atoms with van der Waals surface area (Å²) in [6.07, 6.45) is 1.49. The van der Waals surface area contributed by atoms with Crippen LogP contribution in [0.2, 0.25) is 0 Å². The monoisotopic (exact) mass is 452 g/mol. The minimum absolute atomic E-state index is 0.179. The van der Waals surface area contributed by atoms with Gasteiger partial charge in [0.25, 0.3) is 5.91 Å². The highest BCUT2D eigenvalue weighted by atomic mass is 32.1.